The van der Waals surface area contributed by atoms with E-state index in [2.05, 4.69) is 35.8 Å². The van der Waals surface area contributed by atoms with Crippen LogP contribution >= 0.6 is 0 Å². The molecule has 0 aliphatic rings. The van der Waals surface area contributed by atoms with Gasteiger partial charge in [0.25, 0.3) is 0 Å². The molecule has 4 rings (SSSR count). The second-order valence-electron chi connectivity index (χ2n) is 8.40. The number of hydrogen-bond donors (Lipinski definition) is 2. The molecule has 0 bridgehead atoms. The van der Waals surface area contributed by atoms with Crippen LogP contribution in [0.15, 0.2) is 60.7 Å². The minimum Gasteiger partial charge on any atom is -0.497 e. The van der Waals surface area contributed by atoms with E-state index in [0.717, 1.165) is 44.5 Å². The molecule has 1 amide bonds. The summed E-state index contributed by atoms with van der Waals surface area (Å²) in [6, 6.07) is 20.4. The van der Waals surface area contributed by atoms with E-state index in [1.54, 1.807) is 7.11 Å². The number of amides is 1. The molecule has 1 aromatic heterocycles. The molecule has 0 spiro atoms. The van der Waals surface area contributed by atoms with Crippen molar-refractivity contribution in [3.63, 3.8) is 0 Å². The van der Waals surface area contributed by atoms with Gasteiger partial charge in [-0.05, 0) is 68.8 Å². The number of benzene rings is 3. The molecule has 0 saturated carbocycles. The molecular formula is C27H29N3O3. The molecule has 0 saturated heterocycles. The van der Waals surface area contributed by atoms with Crippen LogP contribution in [-0.2, 0) is 11.2 Å². The first kappa shape index (κ1) is 22.4. The number of aryl methyl sites for hydroxylation is 1. The highest BCUT2D eigenvalue weighted by molar-refractivity contribution is 6.09. The summed E-state index contributed by atoms with van der Waals surface area (Å²) in [4.78, 5) is 16.5. The highest BCUT2D eigenvalue weighted by Gasteiger charge is 2.11. The average Bonchev–Trinajstić information content (AvgIpc) is 2.79. The van der Waals surface area contributed by atoms with E-state index >= 15 is 0 Å². The van der Waals surface area contributed by atoms with Gasteiger partial charge in [-0.25, -0.2) is 9.78 Å². The Bertz CT molecular complexity index is 1280. The first-order chi connectivity index (χ1) is 15.9. The lowest BCUT2D eigenvalue weighted by atomic mass is 10.0. The Morgan fingerprint density at radius 3 is 2.36 bits per heavy atom. The Kier molecular flexibility index (Phi) is 6.63. The fourth-order valence-corrected chi connectivity index (χ4v) is 3.74. The van der Waals surface area contributed by atoms with Gasteiger partial charge < -0.3 is 20.1 Å². The molecule has 0 unspecified atom stereocenters. The summed E-state index contributed by atoms with van der Waals surface area (Å²) in [7, 11) is 1.67. The topological polar surface area (TPSA) is 72.5 Å². The fraction of sp³-hybridized carbons (Fsp3) is 0.259. The maximum Gasteiger partial charge on any atom is 0.407 e. The van der Waals surface area contributed by atoms with E-state index in [0.29, 0.717) is 13.0 Å². The van der Waals surface area contributed by atoms with Gasteiger partial charge in [-0.1, -0.05) is 23.8 Å². The average molecular weight is 444 g/mol. The van der Waals surface area contributed by atoms with Crippen molar-refractivity contribution in [2.24, 2.45) is 0 Å². The first-order valence-electron chi connectivity index (χ1n) is 11.1. The number of carbonyl (C=O) groups is 1. The van der Waals surface area contributed by atoms with Crippen LogP contribution in [0.2, 0.25) is 0 Å². The predicted octanol–water partition coefficient (Wildman–Crippen LogP) is 6.13. The Morgan fingerprint density at radius 1 is 0.970 bits per heavy atom. The molecule has 3 aromatic carbocycles. The molecule has 0 radical (unpaired) electrons. The Labute approximate surface area is 193 Å². The number of fused-ring (bicyclic) bond motifs is 2. The van der Waals surface area contributed by atoms with E-state index in [1.165, 1.54) is 5.56 Å². The van der Waals surface area contributed by atoms with Crippen LogP contribution in [0.4, 0.5) is 16.2 Å². The zero-order chi connectivity index (χ0) is 23.4. The van der Waals surface area contributed by atoms with Crippen LogP contribution in [0.25, 0.3) is 21.8 Å². The van der Waals surface area contributed by atoms with Crippen molar-refractivity contribution in [1.82, 2.24) is 10.3 Å². The number of methoxy groups -OCH3 is 1. The monoisotopic (exact) mass is 443 g/mol. The van der Waals surface area contributed by atoms with Gasteiger partial charge in [0.2, 0.25) is 0 Å². The smallest absolute Gasteiger partial charge is 0.407 e. The van der Waals surface area contributed by atoms with Crippen LogP contribution < -0.4 is 15.4 Å². The van der Waals surface area contributed by atoms with Gasteiger partial charge in [0.15, 0.2) is 0 Å². The number of hydrogen-bond acceptors (Lipinski definition) is 5. The maximum absolute atomic E-state index is 11.6. The summed E-state index contributed by atoms with van der Waals surface area (Å²) in [5.41, 5.74) is 6.08. The number of rotatable bonds is 7. The molecule has 4 aromatic rings. The zero-order valence-corrected chi connectivity index (χ0v) is 19.4. The largest absolute Gasteiger partial charge is 0.497 e. The van der Waals surface area contributed by atoms with Crippen LogP contribution in [0.5, 0.6) is 5.75 Å². The SMILES string of the molecule is COc1ccc2nc3ccc(C)cc3c(Nc3ccc(CCOC(=O)NC(C)C)cc3)c2c1. The van der Waals surface area contributed by atoms with Gasteiger partial charge >= 0.3 is 6.09 Å². The van der Waals surface area contributed by atoms with Crippen molar-refractivity contribution in [3.05, 3.63) is 71.8 Å². The molecule has 2 N–H and O–H groups in total. The summed E-state index contributed by atoms with van der Waals surface area (Å²) in [5.74, 6) is 0.788. The molecule has 0 aliphatic carbocycles. The number of ether oxygens (including phenoxy) is 2. The number of pyridine rings is 1. The molecule has 0 aliphatic heterocycles. The predicted molar refractivity (Wildman–Crippen MR) is 134 cm³/mol. The van der Waals surface area contributed by atoms with Crippen molar-refractivity contribution in [2.75, 3.05) is 19.0 Å². The van der Waals surface area contributed by atoms with Crippen molar-refractivity contribution in [2.45, 2.75) is 33.2 Å². The number of carbonyl (C=O) groups excluding carboxylic acids is 1. The lowest BCUT2D eigenvalue weighted by Crippen LogP contribution is -2.31. The molecule has 1 heterocycles. The molecule has 0 fully saturated rings. The number of nitrogens with zero attached hydrogens (tertiary/aromatic N) is 1. The second kappa shape index (κ2) is 9.77. The van der Waals surface area contributed by atoms with E-state index in [9.17, 15) is 4.79 Å². The van der Waals surface area contributed by atoms with Crippen molar-refractivity contribution in [1.29, 1.82) is 0 Å². The number of nitrogens with one attached hydrogen (secondary N) is 2. The minimum absolute atomic E-state index is 0.0620. The summed E-state index contributed by atoms with van der Waals surface area (Å²) in [6.45, 7) is 6.22. The van der Waals surface area contributed by atoms with Crippen LogP contribution in [0.1, 0.15) is 25.0 Å². The van der Waals surface area contributed by atoms with Crippen LogP contribution in [0, 0.1) is 6.92 Å². The third-order valence-electron chi connectivity index (χ3n) is 5.39. The Morgan fingerprint density at radius 2 is 1.67 bits per heavy atom. The third kappa shape index (κ3) is 5.34. The molecule has 33 heavy (non-hydrogen) atoms. The van der Waals surface area contributed by atoms with Crippen LogP contribution in [0.3, 0.4) is 0 Å². The summed E-state index contributed by atoms with van der Waals surface area (Å²) >= 11 is 0. The van der Waals surface area contributed by atoms with E-state index in [-0.39, 0.29) is 12.1 Å². The summed E-state index contributed by atoms with van der Waals surface area (Å²) in [5, 5.41) is 8.38. The normalized spacial score (nSPS) is 11.1. The zero-order valence-electron chi connectivity index (χ0n) is 19.4. The van der Waals surface area contributed by atoms with Gasteiger partial charge in [0.1, 0.15) is 5.75 Å². The first-order valence-corrected chi connectivity index (χ1v) is 11.1. The highest BCUT2D eigenvalue weighted by atomic mass is 16.5. The maximum atomic E-state index is 11.6. The van der Waals surface area contributed by atoms with Gasteiger partial charge in [-0.3, -0.25) is 0 Å². The van der Waals surface area contributed by atoms with E-state index < -0.39 is 0 Å². The Balaban J connectivity index is 1.58. The van der Waals surface area contributed by atoms with Gasteiger partial charge in [-0.2, -0.15) is 0 Å². The number of aromatic nitrogens is 1. The quantitative estimate of drug-likeness (QED) is 0.336. The van der Waals surface area contributed by atoms with Crippen molar-refractivity contribution >= 4 is 39.3 Å². The van der Waals surface area contributed by atoms with Gasteiger partial charge in [0, 0.05) is 28.9 Å². The minimum atomic E-state index is -0.384. The molecule has 170 valence electrons. The van der Waals surface area contributed by atoms with E-state index in [4.69, 9.17) is 14.5 Å². The van der Waals surface area contributed by atoms with Crippen LogP contribution in [-0.4, -0.2) is 30.8 Å². The molecular weight excluding hydrogens is 414 g/mol. The summed E-state index contributed by atoms with van der Waals surface area (Å²) < 4.78 is 10.7. The lowest BCUT2D eigenvalue weighted by molar-refractivity contribution is 0.145. The standard InChI is InChI=1S/C27H29N3O3/c1-17(2)28-27(31)33-14-13-19-6-8-20(9-7-19)29-26-22-15-18(3)5-11-24(22)30-25-12-10-21(32-4)16-23(25)26/h5-12,15-17H,13-14H2,1-4H3,(H,28,31)(H,29,30). The summed E-state index contributed by atoms with van der Waals surface area (Å²) in [6.07, 6.45) is 0.272. The highest BCUT2D eigenvalue weighted by Crippen LogP contribution is 2.35. The number of alkyl carbamates (subject to hydrolysis) is 1. The third-order valence-corrected chi connectivity index (χ3v) is 5.39. The Hall–Kier alpha value is -3.80. The fourth-order valence-electron chi connectivity index (χ4n) is 3.74. The van der Waals surface area contributed by atoms with Gasteiger partial charge in [-0.15, -0.1) is 0 Å². The van der Waals surface area contributed by atoms with Crippen molar-refractivity contribution in [3.8, 4) is 5.75 Å². The number of anilines is 2. The molecule has 0 atom stereocenters. The van der Waals surface area contributed by atoms with Gasteiger partial charge in [0.05, 0.1) is 30.4 Å². The van der Waals surface area contributed by atoms with E-state index in [1.807, 2.05) is 56.3 Å². The molecule has 6 nitrogen and oxygen atoms in total. The van der Waals surface area contributed by atoms with Crippen molar-refractivity contribution < 1.29 is 14.3 Å². The second-order valence-corrected chi connectivity index (χ2v) is 8.40. The lowest BCUT2D eigenvalue weighted by Gasteiger charge is -2.15. The molecule has 6 heteroatoms.